The van der Waals surface area contributed by atoms with Crippen LogP contribution in [0.15, 0.2) is 51.9 Å². The third-order valence-corrected chi connectivity index (χ3v) is 5.32. The molecule has 0 bridgehead atoms. The van der Waals surface area contributed by atoms with E-state index >= 15 is 0 Å². The van der Waals surface area contributed by atoms with Crippen molar-refractivity contribution in [1.82, 2.24) is 4.68 Å². The van der Waals surface area contributed by atoms with E-state index in [0.29, 0.717) is 22.7 Å². The van der Waals surface area contributed by atoms with Crippen molar-refractivity contribution in [1.29, 1.82) is 0 Å². The minimum atomic E-state index is -0.185. The van der Waals surface area contributed by atoms with Crippen molar-refractivity contribution in [2.45, 2.75) is 19.9 Å². The van der Waals surface area contributed by atoms with Gasteiger partial charge in [0.15, 0.2) is 18.1 Å². The number of nitrogens with zero attached hydrogens (tertiary/aromatic N) is 3. The second-order valence-electron chi connectivity index (χ2n) is 7.16. The van der Waals surface area contributed by atoms with Crippen molar-refractivity contribution >= 4 is 29.1 Å². The summed E-state index contributed by atoms with van der Waals surface area (Å²) in [6.07, 6.45) is 1.65. The van der Waals surface area contributed by atoms with Crippen LogP contribution >= 0.6 is 11.3 Å². The van der Waals surface area contributed by atoms with Crippen LogP contribution in [0, 0.1) is 0 Å². The molecule has 0 aliphatic carbocycles. The van der Waals surface area contributed by atoms with Gasteiger partial charge in [-0.1, -0.05) is 0 Å². The van der Waals surface area contributed by atoms with Gasteiger partial charge in [0.1, 0.15) is 5.75 Å². The average molecular weight is 439 g/mol. The van der Waals surface area contributed by atoms with Crippen LogP contribution in [0.5, 0.6) is 17.2 Å². The average Bonchev–Trinajstić information content (AvgIpc) is 3.13. The molecular formula is C22H22N4O4S. The first kappa shape index (κ1) is 20.7. The molecule has 9 heteroatoms. The fraction of sp³-hybridized carbons (Fsp3) is 0.227. The lowest BCUT2D eigenvalue weighted by atomic mass is 10.1. The molecule has 0 radical (unpaired) electrons. The quantitative estimate of drug-likeness (QED) is 0.596. The lowest BCUT2D eigenvalue weighted by molar-refractivity contribution is -0.118. The zero-order chi connectivity index (χ0) is 22.0. The number of hydrogen-bond donors (Lipinski definition) is 2. The van der Waals surface area contributed by atoms with Gasteiger partial charge in [-0.25, -0.2) is 4.68 Å². The van der Waals surface area contributed by atoms with Crippen molar-refractivity contribution in [3.8, 4) is 28.5 Å². The first-order valence-corrected chi connectivity index (χ1v) is 10.6. The largest absolute Gasteiger partial charge is 0.504 e. The number of methoxy groups -OCH3 is 1. The van der Waals surface area contributed by atoms with Gasteiger partial charge in [0, 0.05) is 17.0 Å². The van der Waals surface area contributed by atoms with Gasteiger partial charge in [-0.15, -0.1) is 11.3 Å². The van der Waals surface area contributed by atoms with Gasteiger partial charge < -0.3 is 19.9 Å². The molecule has 0 unspecified atom stereocenters. The first-order chi connectivity index (χ1) is 14.9. The molecule has 3 aromatic rings. The third-order valence-electron chi connectivity index (χ3n) is 4.49. The summed E-state index contributed by atoms with van der Waals surface area (Å²) in [4.78, 5) is 17.1. The van der Waals surface area contributed by atoms with Gasteiger partial charge in [0.05, 0.1) is 24.7 Å². The Morgan fingerprint density at radius 1 is 1.29 bits per heavy atom. The fourth-order valence-electron chi connectivity index (χ4n) is 3.07. The van der Waals surface area contributed by atoms with E-state index in [2.05, 4.69) is 15.4 Å². The highest BCUT2D eigenvalue weighted by molar-refractivity contribution is 7.07. The van der Waals surface area contributed by atoms with Gasteiger partial charge >= 0.3 is 0 Å². The van der Waals surface area contributed by atoms with Crippen LogP contribution in [0.1, 0.15) is 19.4 Å². The number of carbonyl (C=O) groups excluding carboxylic acids is 1. The highest BCUT2D eigenvalue weighted by atomic mass is 32.1. The molecule has 0 spiro atoms. The first-order valence-electron chi connectivity index (χ1n) is 9.67. The summed E-state index contributed by atoms with van der Waals surface area (Å²) >= 11 is 1.48. The maximum Gasteiger partial charge on any atom is 0.262 e. The van der Waals surface area contributed by atoms with Crippen LogP contribution in [0.25, 0.3) is 11.3 Å². The highest BCUT2D eigenvalue weighted by Crippen LogP contribution is 2.33. The molecule has 1 aliphatic heterocycles. The topological polar surface area (TPSA) is 97.4 Å². The number of hydrogen-bond acceptors (Lipinski definition) is 7. The maximum atomic E-state index is 11.7. The summed E-state index contributed by atoms with van der Waals surface area (Å²) in [5, 5.41) is 19.5. The number of phenolic OH excluding ortho intramolecular Hbond substituents is 1. The minimum absolute atomic E-state index is 0.0151. The standard InChI is InChI=1S/C22H22N4O4S/c1-13(2)24-22-26(23-10-14-4-6-20(29-3)18(27)8-14)17(12-31-22)15-5-7-19-16(9-15)25-21(28)11-30-19/h4-10,12-13,27H,11H2,1-3H3,(H,25,28). The molecule has 0 saturated heterocycles. The second kappa shape index (κ2) is 8.65. The number of aromatic nitrogens is 1. The number of carbonyl (C=O) groups is 1. The van der Waals surface area contributed by atoms with Crippen molar-refractivity contribution < 1.29 is 19.4 Å². The van der Waals surface area contributed by atoms with E-state index in [4.69, 9.17) is 9.47 Å². The van der Waals surface area contributed by atoms with Gasteiger partial charge in [0.25, 0.3) is 5.91 Å². The SMILES string of the molecule is COc1ccc(C=Nn2c(-c3ccc4c(c3)NC(=O)CO4)csc2=NC(C)C)cc1O. The smallest absolute Gasteiger partial charge is 0.262 e. The van der Waals surface area contributed by atoms with E-state index in [0.717, 1.165) is 16.1 Å². The number of benzene rings is 2. The Morgan fingerprint density at radius 2 is 2.13 bits per heavy atom. The number of aromatic hydroxyl groups is 1. The van der Waals surface area contributed by atoms with E-state index < -0.39 is 0 Å². The molecule has 8 nitrogen and oxygen atoms in total. The minimum Gasteiger partial charge on any atom is -0.504 e. The monoisotopic (exact) mass is 438 g/mol. The van der Waals surface area contributed by atoms with E-state index in [1.807, 2.05) is 37.4 Å². The number of phenols is 1. The zero-order valence-corrected chi connectivity index (χ0v) is 18.1. The summed E-state index contributed by atoms with van der Waals surface area (Å²) < 4.78 is 12.3. The Labute approximate surface area is 183 Å². The molecule has 2 heterocycles. The Morgan fingerprint density at radius 3 is 2.87 bits per heavy atom. The second-order valence-corrected chi connectivity index (χ2v) is 8.00. The van der Waals surface area contributed by atoms with Crippen molar-refractivity contribution in [2.24, 2.45) is 10.1 Å². The van der Waals surface area contributed by atoms with E-state index in [-0.39, 0.29) is 24.3 Å². The van der Waals surface area contributed by atoms with Crippen LogP contribution in [0.2, 0.25) is 0 Å². The van der Waals surface area contributed by atoms with Crippen molar-refractivity contribution in [2.75, 3.05) is 19.0 Å². The van der Waals surface area contributed by atoms with Crippen molar-refractivity contribution in [3.63, 3.8) is 0 Å². The van der Waals surface area contributed by atoms with Gasteiger partial charge in [-0.05, 0) is 55.8 Å². The molecule has 2 N–H and O–H groups in total. The van der Waals surface area contributed by atoms with Crippen LogP contribution in [-0.2, 0) is 4.79 Å². The van der Waals surface area contributed by atoms with Gasteiger partial charge in [-0.2, -0.15) is 5.10 Å². The van der Waals surface area contributed by atoms with Gasteiger partial charge in [0.2, 0.25) is 4.80 Å². The third kappa shape index (κ3) is 4.46. The van der Waals surface area contributed by atoms with E-state index in [9.17, 15) is 9.90 Å². The van der Waals surface area contributed by atoms with Crippen LogP contribution in [0.3, 0.4) is 0 Å². The van der Waals surface area contributed by atoms with Crippen molar-refractivity contribution in [3.05, 3.63) is 52.1 Å². The molecule has 2 aromatic carbocycles. The normalized spacial score (nSPS) is 13.9. The highest BCUT2D eigenvalue weighted by Gasteiger charge is 2.18. The number of ether oxygens (including phenoxy) is 2. The van der Waals surface area contributed by atoms with Crippen LogP contribution < -0.4 is 19.6 Å². The lowest BCUT2D eigenvalue weighted by Gasteiger charge is -2.18. The number of anilines is 1. The maximum absolute atomic E-state index is 11.7. The predicted molar refractivity (Wildman–Crippen MR) is 120 cm³/mol. The molecular weight excluding hydrogens is 416 g/mol. The lowest BCUT2D eigenvalue weighted by Crippen LogP contribution is -2.25. The Bertz CT molecular complexity index is 1230. The zero-order valence-electron chi connectivity index (χ0n) is 17.3. The number of rotatable bonds is 5. The molecule has 0 saturated carbocycles. The number of thiazole rings is 1. The molecule has 31 heavy (non-hydrogen) atoms. The Balaban J connectivity index is 1.77. The molecule has 1 amide bonds. The molecule has 4 rings (SSSR count). The molecule has 160 valence electrons. The summed E-state index contributed by atoms with van der Waals surface area (Å²) in [7, 11) is 1.50. The molecule has 0 fully saturated rings. The molecule has 0 atom stereocenters. The predicted octanol–water partition coefficient (Wildman–Crippen LogP) is 3.45. The van der Waals surface area contributed by atoms with Crippen LogP contribution in [-0.4, -0.2) is 41.7 Å². The summed E-state index contributed by atoms with van der Waals surface area (Å²) in [6, 6.07) is 10.8. The molecule has 1 aliphatic rings. The van der Waals surface area contributed by atoms with E-state index in [1.165, 1.54) is 18.4 Å². The van der Waals surface area contributed by atoms with E-state index in [1.54, 1.807) is 29.1 Å². The summed E-state index contributed by atoms with van der Waals surface area (Å²) in [5.41, 5.74) is 3.02. The Hall–Kier alpha value is -3.59. The molecule has 1 aromatic heterocycles. The summed E-state index contributed by atoms with van der Waals surface area (Å²) in [5.74, 6) is 0.888. The summed E-state index contributed by atoms with van der Waals surface area (Å²) in [6.45, 7) is 4.02. The number of amides is 1. The number of fused-ring (bicyclic) bond motifs is 1. The Kier molecular flexibility index (Phi) is 5.77. The number of nitrogens with one attached hydrogen (secondary N) is 1. The van der Waals surface area contributed by atoms with Gasteiger partial charge in [-0.3, -0.25) is 9.79 Å². The fourth-order valence-corrected chi connectivity index (χ4v) is 4.04. The van der Waals surface area contributed by atoms with Crippen LogP contribution in [0.4, 0.5) is 5.69 Å².